The predicted molar refractivity (Wildman–Crippen MR) is 139 cm³/mol. The summed E-state index contributed by atoms with van der Waals surface area (Å²) < 4.78 is 27.1. The lowest BCUT2D eigenvalue weighted by atomic mass is 9.99. The molecule has 1 aliphatic heterocycles. The third-order valence-electron chi connectivity index (χ3n) is 5.53. The van der Waals surface area contributed by atoms with Crippen molar-refractivity contribution in [3.05, 3.63) is 50.7 Å². The largest absolute Gasteiger partial charge is 0.452 e. The molecule has 0 radical (unpaired) electrons. The van der Waals surface area contributed by atoms with Gasteiger partial charge in [0.25, 0.3) is 5.91 Å². The minimum absolute atomic E-state index is 0.0513. The van der Waals surface area contributed by atoms with Gasteiger partial charge in [-0.15, -0.1) is 0 Å². The zero-order valence-electron chi connectivity index (χ0n) is 22.2. The fourth-order valence-corrected chi connectivity index (χ4v) is 3.42. The lowest BCUT2D eigenvalue weighted by Gasteiger charge is -2.14. The first-order chi connectivity index (χ1) is 17.4. The highest BCUT2D eigenvalue weighted by Gasteiger charge is 2.20. The SMILES string of the molecule is CC.COCCOCCOCCOCCNC(=O)c1ccc2nc3c(C)c(C)c(=O)c(C)c-3oc2c1. The first-order valence-corrected chi connectivity index (χ1v) is 12.3. The van der Waals surface area contributed by atoms with Crippen LogP contribution in [0.15, 0.2) is 27.4 Å². The molecule has 9 nitrogen and oxygen atoms in total. The zero-order valence-corrected chi connectivity index (χ0v) is 22.2. The van der Waals surface area contributed by atoms with Crippen LogP contribution in [0.25, 0.3) is 22.6 Å². The molecule has 0 saturated heterocycles. The van der Waals surface area contributed by atoms with Crippen molar-refractivity contribution in [2.75, 3.05) is 59.9 Å². The summed E-state index contributed by atoms with van der Waals surface area (Å²) in [5, 5.41) is 2.82. The molecule has 1 amide bonds. The van der Waals surface area contributed by atoms with Crippen molar-refractivity contribution < 1.29 is 28.2 Å². The molecule has 1 N–H and O–H groups in total. The van der Waals surface area contributed by atoms with Crippen molar-refractivity contribution in [2.45, 2.75) is 34.6 Å². The average molecular weight is 503 g/mol. The predicted octanol–water partition coefficient (Wildman–Crippen LogP) is 3.67. The molecule has 1 aliphatic carbocycles. The van der Waals surface area contributed by atoms with Crippen LogP contribution in [0.4, 0.5) is 0 Å². The van der Waals surface area contributed by atoms with E-state index < -0.39 is 0 Å². The number of aromatic nitrogens is 1. The molecule has 0 saturated carbocycles. The second kappa shape index (κ2) is 15.3. The van der Waals surface area contributed by atoms with Gasteiger partial charge in [-0.25, -0.2) is 4.98 Å². The smallest absolute Gasteiger partial charge is 0.251 e. The van der Waals surface area contributed by atoms with Gasteiger partial charge < -0.3 is 28.7 Å². The molecular weight excluding hydrogens is 464 g/mol. The number of rotatable bonds is 13. The Bertz CT molecular complexity index is 1140. The Morgan fingerprint density at radius 3 is 2.14 bits per heavy atom. The van der Waals surface area contributed by atoms with Crippen molar-refractivity contribution in [1.82, 2.24) is 10.3 Å². The van der Waals surface area contributed by atoms with Gasteiger partial charge in [-0.05, 0) is 44.5 Å². The van der Waals surface area contributed by atoms with Crippen molar-refractivity contribution in [3.63, 3.8) is 0 Å². The van der Waals surface area contributed by atoms with Crippen molar-refractivity contribution in [1.29, 1.82) is 0 Å². The van der Waals surface area contributed by atoms with Crippen LogP contribution in [0, 0.1) is 20.8 Å². The molecular formula is C27H38N2O7. The summed E-state index contributed by atoms with van der Waals surface area (Å²) in [5.41, 5.74) is 4.12. The molecule has 0 aromatic heterocycles. The highest BCUT2D eigenvalue weighted by Crippen LogP contribution is 2.30. The Hall–Kier alpha value is -2.85. The number of carbonyl (C=O) groups is 1. The summed E-state index contributed by atoms with van der Waals surface area (Å²) >= 11 is 0. The van der Waals surface area contributed by atoms with Crippen LogP contribution >= 0.6 is 0 Å². The van der Waals surface area contributed by atoms with E-state index in [0.717, 1.165) is 5.56 Å². The third-order valence-corrected chi connectivity index (χ3v) is 5.53. The lowest BCUT2D eigenvalue weighted by molar-refractivity contribution is 0.00415. The van der Waals surface area contributed by atoms with Gasteiger partial charge in [0.2, 0.25) is 0 Å². The molecule has 0 spiro atoms. The molecule has 0 fully saturated rings. The fourth-order valence-electron chi connectivity index (χ4n) is 3.42. The standard InChI is InChI=1S/C25H32N2O7.C2H6/c1-16-17(2)23(28)18(3)24-22(16)27-20-6-5-19(15-21(20)34-24)25(29)26-7-8-31-11-12-33-14-13-32-10-9-30-4;1-2/h5-6,15H,7-14H2,1-4H3,(H,26,29);1-2H3. The summed E-state index contributed by atoms with van der Waals surface area (Å²) in [6.45, 7) is 13.1. The highest BCUT2D eigenvalue weighted by molar-refractivity contribution is 5.97. The number of benzene rings is 2. The lowest BCUT2D eigenvalue weighted by Crippen LogP contribution is -2.27. The monoisotopic (exact) mass is 502 g/mol. The van der Waals surface area contributed by atoms with E-state index in [0.29, 0.717) is 92.0 Å². The summed E-state index contributed by atoms with van der Waals surface area (Å²) in [5.74, 6) is 0.210. The van der Waals surface area contributed by atoms with Gasteiger partial charge in [0.1, 0.15) is 11.2 Å². The molecule has 1 aromatic rings. The summed E-state index contributed by atoms with van der Waals surface area (Å²) in [4.78, 5) is 29.6. The molecule has 1 aromatic carbocycles. The number of fused-ring (bicyclic) bond motifs is 2. The third kappa shape index (κ3) is 7.83. The maximum absolute atomic E-state index is 12.5. The molecule has 0 atom stereocenters. The summed E-state index contributed by atoms with van der Waals surface area (Å²) in [6.07, 6.45) is 0. The van der Waals surface area contributed by atoms with Crippen molar-refractivity contribution >= 4 is 17.0 Å². The Kier molecular flexibility index (Phi) is 12.5. The number of hydrogen-bond acceptors (Lipinski definition) is 8. The molecule has 0 unspecified atom stereocenters. The Morgan fingerprint density at radius 2 is 1.50 bits per heavy atom. The molecule has 36 heavy (non-hydrogen) atoms. The molecule has 2 aliphatic rings. The number of carbonyl (C=O) groups excluding carboxylic acids is 1. The van der Waals surface area contributed by atoms with Gasteiger partial charge in [0.15, 0.2) is 16.8 Å². The van der Waals surface area contributed by atoms with E-state index in [1.54, 1.807) is 39.2 Å². The Labute approximate surface area is 212 Å². The number of methoxy groups -OCH3 is 1. The summed E-state index contributed by atoms with van der Waals surface area (Å²) in [7, 11) is 1.63. The van der Waals surface area contributed by atoms with E-state index in [4.69, 9.17) is 23.4 Å². The highest BCUT2D eigenvalue weighted by atomic mass is 16.6. The summed E-state index contributed by atoms with van der Waals surface area (Å²) in [6, 6.07) is 5.08. The van der Waals surface area contributed by atoms with Crippen LogP contribution in [0.1, 0.15) is 40.9 Å². The second-order valence-corrected chi connectivity index (χ2v) is 7.86. The maximum atomic E-state index is 12.5. The van der Waals surface area contributed by atoms with Gasteiger partial charge in [-0.3, -0.25) is 9.59 Å². The average Bonchev–Trinajstić information content (AvgIpc) is 2.91. The van der Waals surface area contributed by atoms with Crippen LogP contribution in [0.2, 0.25) is 0 Å². The van der Waals surface area contributed by atoms with Gasteiger partial charge in [-0.2, -0.15) is 0 Å². The minimum Gasteiger partial charge on any atom is -0.452 e. The quantitative estimate of drug-likeness (QED) is 0.279. The molecule has 198 valence electrons. The van der Waals surface area contributed by atoms with Crippen LogP contribution in [-0.4, -0.2) is 70.8 Å². The minimum atomic E-state index is -0.244. The van der Waals surface area contributed by atoms with Crippen LogP contribution in [-0.2, 0) is 18.9 Å². The van der Waals surface area contributed by atoms with Crippen molar-refractivity contribution in [3.8, 4) is 11.5 Å². The zero-order chi connectivity index (χ0) is 26.5. The Balaban J connectivity index is 0.00000222. The number of amides is 1. The van der Waals surface area contributed by atoms with Gasteiger partial charge in [0.05, 0.1) is 46.2 Å². The van der Waals surface area contributed by atoms with E-state index in [2.05, 4.69) is 10.3 Å². The Morgan fingerprint density at radius 1 is 0.889 bits per heavy atom. The molecule has 0 bridgehead atoms. The number of hydrogen-bond donors (Lipinski definition) is 1. The molecule has 9 heteroatoms. The molecule has 1 heterocycles. The topological polar surface area (TPSA) is 109 Å². The van der Waals surface area contributed by atoms with Crippen molar-refractivity contribution in [2.24, 2.45) is 0 Å². The van der Waals surface area contributed by atoms with E-state index in [1.165, 1.54) is 0 Å². The van der Waals surface area contributed by atoms with E-state index in [1.807, 2.05) is 20.8 Å². The van der Waals surface area contributed by atoms with Gasteiger partial charge >= 0.3 is 0 Å². The number of nitrogens with zero attached hydrogens (tertiary/aromatic N) is 1. The van der Waals surface area contributed by atoms with E-state index in [-0.39, 0.29) is 11.3 Å². The van der Waals surface area contributed by atoms with Gasteiger partial charge in [0, 0.05) is 30.3 Å². The van der Waals surface area contributed by atoms with E-state index in [9.17, 15) is 9.59 Å². The number of nitrogens with one attached hydrogen (secondary N) is 1. The van der Waals surface area contributed by atoms with E-state index >= 15 is 0 Å². The van der Waals surface area contributed by atoms with Crippen LogP contribution < -0.4 is 10.7 Å². The first kappa shape index (κ1) is 29.4. The normalized spacial score (nSPS) is 10.9. The maximum Gasteiger partial charge on any atom is 0.251 e. The first-order valence-electron chi connectivity index (χ1n) is 12.3. The van der Waals surface area contributed by atoms with Crippen LogP contribution in [0.3, 0.4) is 0 Å². The molecule has 3 rings (SSSR count). The van der Waals surface area contributed by atoms with Crippen LogP contribution in [0.5, 0.6) is 0 Å². The fraction of sp³-hybridized carbons (Fsp3) is 0.519. The van der Waals surface area contributed by atoms with Gasteiger partial charge in [-0.1, -0.05) is 13.8 Å². The second-order valence-electron chi connectivity index (χ2n) is 7.86. The number of ether oxygens (including phenoxy) is 4.